The molecule has 0 fully saturated rings. The fraction of sp³-hybridized carbons (Fsp3) is 0. The van der Waals surface area contributed by atoms with E-state index in [1.54, 1.807) is 4.68 Å². The minimum Gasteiger partial charge on any atom is -0.204 e. The summed E-state index contributed by atoms with van der Waals surface area (Å²) in [6.45, 7) is 0. The molecule has 1 heterocycles. The van der Waals surface area contributed by atoms with Crippen molar-refractivity contribution in [3.8, 4) is 11.8 Å². The van der Waals surface area contributed by atoms with Crippen LogP contribution in [0, 0.1) is 11.8 Å². The Morgan fingerprint density at radius 3 is 2.32 bits per heavy atom. The van der Waals surface area contributed by atoms with Crippen LogP contribution in [0.2, 0.25) is 0 Å². The lowest BCUT2D eigenvalue weighted by Gasteiger charge is -1.96. The first-order chi connectivity index (χ1) is 9.34. The Labute approximate surface area is 112 Å². The van der Waals surface area contributed by atoms with E-state index in [2.05, 4.69) is 11.8 Å². The van der Waals surface area contributed by atoms with Crippen molar-refractivity contribution < 1.29 is 4.68 Å². The molecular formula is C17H13N2+. The Hall–Kier alpha value is -2.79. The van der Waals surface area contributed by atoms with Crippen molar-refractivity contribution in [3.63, 3.8) is 0 Å². The van der Waals surface area contributed by atoms with Gasteiger partial charge < -0.3 is 0 Å². The summed E-state index contributed by atoms with van der Waals surface area (Å²) in [7, 11) is 0. The molecular weight excluding hydrogens is 232 g/mol. The largest absolute Gasteiger partial charge is 0.286 e. The summed E-state index contributed by atoms with van der Waals surface area (Å²) in [5.74, 6) is 12.3. The Morgan fingerprint density at radius 2 is 1.47 bits per heavy atom. The maximum absolute atomic E-state index is 6.10. The summed E-state index contributed by atoms with van der Waals surface area (Å²) in [5, 5.41) is 1.11. The zero-order chi connectivity index (χ0) is 13.1. The first kappa shape index (κ1) is 11.3. The molecule has 0 radical (unpaired) electrons. The van der Waals surface area contributed by atoms with Gasteiger partial charge in [-0.1, -0.05) is 40.9 Å². The second-order valence-electron chi connectivity index (χ2n) is 4.26. The van der Waals surface area contributed by atoms with Gasteiger partial charge in [0.25, 0.3) is 5.69 Å². The van der Waals surface area contributed by atoms with Crippen LogP contribution < -0.4 is 10.5 Å². The summed E-state index contributed by atoms with van der Waals surface area (Å²) in [6, 6.07) is 21.9. The smallest absolute Gasteiger partial charge is 0.204 e. The summed E-state index contributed by atoms with van der Waals surface area (Å²) in [6.07, 6.45) is 0. The van der Waals surface area contributed by atoms with Crippen molar-refractivity contribution in [2.75, 3.05) is 5.84 Å². The number of benzene rings is 2. The number of para-hydroxylation sites is 1. The molecule has 0 aliphatic carbocycles. The summed E-state index contributed by atoms with van der Waals surface area (Å²) < 4.78 is 1.63. The quantitative estimate of drug-likeness (QED) is 0.367. The van der Waals surface area contributed by atoms with Crippen LogP contribution in [0.3, 0.4) is 0 Å². The number of nitrogens with two attached hydrogens (primary N) is 1. The van der Waals surface area contributed by atoms with Crippen molar-refractivity contribution in [3.05, 3.63) is 78.0 Å². The van der Waals surface area contributed by atoms with E-state index < -0.39 is 0 Å². The molecule has 0 aliphatic rings. The molecule has 3 rings (SSSR count). The van der Waals surface area contributed by atoms with Crippen LogP contribution in [0.5, 0.6) is 0 Å². The van der Waals surface area contributed by atoms with E-state index >= 15 is 0 Å². The normalized spacial score (nSPS) is 9.89. The fourth-order valence-electron chi connectivity index (χ4n) is 1.99. The lowest BCUT2D eigenvalue weighted by molar-refractivity contribution is -0.614. The fourth-order valence-corrected chi connectivity index (χ4v) is 1.99. The van der Waals surface area contributed by atoms with Crippen LogP contribution in [0.1, 0.15) is 11.3 Å². The topological polar surface area (TPSA) is 29.9 Å². The zero-order valence-electron chi connectivity index (χ0n) is 10.4. The van der Waals surface area contributed by atoms with Gasteiger partial charge in [0.1, 0.15) is 0 Å². The van der Waals surface area contributed by atoms with E-state index in [9.17, 15) is 0 Å². The van der Waals surface area contributed by atoms with Gasteiger partial charge in [-0.3, -0.25) is 0 Å². The Morgan fingerprint density at radius 1 is 0.737 bits per heavy atom. The standard InChI is InChI=1S/C17H13N2/c18-19-16(12-10-14-6-2-1-3-7-14)13-11-15-8-4-5-9-17(15)19/h1-9,11,13H,18H2/q+1. The van der Waals surface area contributed by atoms with Crippen molar-refractivity contribution in [1.29, 1.82) is 0 Å². The van der Waals surface area contributed by atoms with Gasteiger partial charge >= 0.3 is 0 Å². The molecule has 0 bridgehead atoms. The maximum Gasteiger partial charge on any atom is 0.286 e. The summed E-state index contributed by atoms with van der Waals surface area (Å²) >= 11 is 0. The highest BCUT2D eigenvalue weighted by molar-refractivity contribution is 5.75. The molecule has 19 heavy (non-hydrogen) atoms. The van der Waals surface area contributed by atoms with E-state index in [0.717, 1.165) is 22.2 Å². The van der Waals surface area contributed by atoms with E-state index in [1.807, 2.05) is 66.7 Å². The van der Waals surface area contributed by atoms with Crippen LogP contribution >= 0.6 is 0 Å². The first-order valence-corrected chi connectivity index (χ1v) is 6.10. The van der Waals surface area contributed by atoms with E-state index in [4.69, 9.17) is 5.84 Å². The number of nitrogens with zero attached hydrogens (tertiary/aromatic N) is 1. The number of nitrogen functional groups attached to an aromatic ring is 1. The lowest BCUT2D eigenvalue weighted by atomic mass is 10.2. The van der Waals surface area contributed by atoms with Crippen molar-refractivity contribution in [2.24, 2.45) is 0 Å². The Bertz CT molecular complexity index is 780. The van der Waals surface area contributed by atoms with E-state index in [1.165, 1.54) is 0 Å². The van der Waals surface area contributed by atoms with Crippen LogP contribution in [-0.2, 0) is 0 Å². The number of pyridine rings is 1. The van der Waals surface area contributed by atoms with Crippen molar-refractivity contribution >= 4 is 10.9 Å². The third kappa shape index (κ3) is 2.27. The van der Waals surface area contributed by atoms with Gasteiger partial charge in [0.05, 0.1) is 0 Å². The van der Waals surface area contributed by atoms with Crippen LogP contribution in [0.25, 0.3) is 10.9 Å². The van der Waals surface area contributed by atoms with Gasteiger partial charge in [-0.25, -0.2) is 5.84 Å². The lowest BCUT2D eigenvalue weighted by Crippen LogP contribution is -2.48. The molecule has 0 saturated heterocycles. The first-order valence-electron chi connectivity index (χ1n) is 6.10. The van der Waals surface area contributed by atoms with Crippen molar-refractivity contribution in [1.82, 2.24) is 0 Å². The highest BCUT2D eigenvalue weighted by Gasteiger charge is 2.09. The Balaban J connectivity index is 2.08. The number of hydrogen-bond donors (Lipinski definition) is 1. The molecule has 0 aliphatic heterocycles. The average Bonchev–Trinajstić information content (AvgIpc) is 2.48. The number of rotatable bonds is 0. The third-order valence-electron chi connectivity index (χ3n) is 2.99. The van der Waals surface area contributed by atoms with Gasteiger partial charge in [-0.05, 0) is 24.3 Å². The van der Waals surface area contributed by atoms with Crippen molar-refractivity contribution in [2.45, 2.75) is 0 Å². The number of fused-ring (bicyclic) bond motifs is 1. The molecule has 0 spiro atoms. The molecule has 0 amide bonds. The van der Waals surface area contributed by atoms with Crippen LogP contribution in [0.15, 0.2) is 66.7 Å². The molecule has 2 aromatic carbocycles. The predicted molar refractivity (Wildman–Crippen MR) is 76.7 cm³/mol. The molecule has 90 valence electrons. The van der Waals surface area contributed by atoms with Crippen LogP contribution in [0.4, 0.5) is 0 Å². The zero-order valence-corrected chi connectivity index (χ0v) is 10.4. The second-order valence-corrected chi connectivity index (χ2v) is 4.26. The van der Waals surface area contributed by atoms with E-state index in [0.29, 0.717) is 0 Å². The molecule has 0 unspecified atom stereocenters. The molecule has 3 aromatic rings. The maximum atomic E-state index is 6.10. The second kappa shape index (κ2) is 4.83. The van der Waals surface area contributed by atoms with Gasteiger partial charge in [0.2, 0.25) is 5.52 Å². The molecule has 2 nitrogen and oxygen atoms in total. The van der Waals surface area contributed by atoms with Gasteiger partial charge in [0.15, 0.2) is 0 Å². The molecule has 1 aromatic heterocycles. The molecule has 2 heteroatoms. The summed E-state index contributed by atoms with van der Waals surface area (Å²) in [4.78, 5) is 0. The number of aromatic nitrogens is 1. The molecule has 2 N–H and O–H groups in total. The predicted octanol–water partition coefficient (Wildman–Crippen LogP) is 2.24. The average molecular weight is 245 g/mol. The monoisotopic (exact) mass is 245 g/mol. The van der Waals surface area contributed by atoms with Crippen LogP contribution in [-0.4, -0.2) is 0 Å². The van der Waals surface area contributed by atoms with E-state index in [-0.39, 0.29) is 0 Å². The summed E-state index contributed by atoms with van der Waals surface area (Å²) in [5.41, 5.74) is 2.75. The third-order valence-corrected chi connectivity index (χ3v) is 2.99. The van der Waals surface area contributed by atoms with Gasteiger partial charge in [-0.15, -0.1) is 0 Å². The highest BCUT2D eigenvalue weighted by atomic mass is 15.3. The number of hydrogen-bond acceptors (Lipinski definition) is 1. The minimum absolute atomic E-state index is 0.794. The highest BCUT2D eigenvalue weighted by Crippen LogP contribution is 2.08. The minimum atomic E-state index is 0.794. The SMILES string of the molecule is N[n+]1c(C#Cc2ccccc2)ccc2ccccc21. The molecule has 0 saturated carbocycles. The van der Waals surface area contributed by atoms with Gasteiger partial charge in [-0.2, -0.15) is 0 Å². The molecule has 0 atom stereocenters. The van der Waals surface area contributed by atoms with Gasteiger partial charge in [0, 0.05) is 29.0 Å². The Kier molecular flexibility index (Phi) is 2.88.